The van der Waals surface area contributed by atoms with E-state index in [0.717, 1.165) is 21.7 Å². The Morgan fingerprint density at radius 2 is 1.65 bits per heavy atom. The Hall–Kier alpha value is -2.27. The maximum absolute atomic E-state index is 12.0. The van der Waals surface area contributed by atoms with Crippen molar-refractivity contribution in [2.45, 2.75) is 39.0 Å². The standard InChI is InChI=1S/C21H25NO3S/c1-14-8-9-18(12-17(14)4)26-11-10-20(24)25-13-19(23)22-21-15(2)6-5-7-16(21)3/h5-9,12H,10-11,13H2,1-4H3,(H,22,23). The number of esters is 1. The van der Waals surface area contributed by atoms with E-state index in [-0.39, 0.29) is 24.9 Å². The molecule has 5 heteroatoms. The number of para-hydroxylation sites is 1. The minimum Gasteiger partial charge on any atom is -0.456 e. The Balaban J connectivity index is 1.72. The molecule has 1 amide bonds. The van der Waals surface area contributed by atoms with Crippen LogP contribution in [0.15, 0.2) is 41.3 Å². The fraction of sp³-hybridized carbons (Fsp3) is 0.333. The predicted molar refractivity (Wildman–Crippen MR) is 107 cm³/mol. The van der Waals surface area contributed by atoms with Crippen LogP contribution in [0.4, 0.5) is 5.69 Å². The second kappa shape index (κ2) is 9.43. The van der Waals surface area contributed by atoms with Crippen LogP contribution < -0.4 is 5.32 Å². The van der Waals surface area contributed by atoms with Crippen LogP contribution in [0.1, 0.15) is 28.7 Å². The molecule has 0 fully saturated rings. The molecular formula is C21H25NO3S. The SMILES string of the molecule is Cc1ccc(SCCC(=O)OCC(=O)Nc2c(C)cccc2C)cc1C. The number of anilines is 1. The van der Waals surface area contributed by atoms with E-state index in [0.29, 0.717) is 5.75 Å². The highest BCUT2D eigenvalue weighted by Gasteiger charge is 2.10. The molecule has 138 valence electrons. The van der Waals surface area contributed by atoms with Gasteiger partial charge in [0.05, 0.1) is 6.42 Å². The van der Waals surface area contributed by atoms with Gasteiger partial charge in [0.25, 0.3) is 5.91 Å². The summed E-state index contributed by atoms with van der Waals surface area (Å²) in [5.74, 6) is -0.0598. The fourth-order valence-corrected chi connectivity index (χ4v) is 3.39. The second-order valence-electron chi connectivity index (χ2n) is 6.32. The maximum Gasteiger partial charge on any atom is 0.307 e. The van der Waals surface area contributed by atoms with Crippen molar-refractivity contribution in [2.75, 3.05) is 17.7 Å². The summed E-state index contributed by atoms with van der Waals surface area (Å²) in [6.07, 6.45) is 0.272. The number of aryl methyl sites for hydroxylation is 4. The molecular weight excluding hydrogens is 346 g/mol. The number of amides is 1. The van der Waals surface area contributed by atoms with Crippen LogP contribution in [0.25, 0.3) is 0 Å². The molecule has 0 atom stereocenters. The molecule has 0 aromatic heterocycles. The van der Waals surface area contributed by atoms with E-state index >= 15 is 0 Å². The Morgan fingerprint density at radius 1 is 0.962 bits per heavy atom. The van der Waals surface area contributed by atoms with Crippen molar-refractivity contribution in [2.24, 2.45) is 0 Å². The molecule has 0 saturated heterocycles. The quantitative estimate of drug-likeness (QED) is 0.571. The van der Waals surface area contributed by atoms with Gasteiger partial charge in [-0.05, 0) is 62.1 Å². The normalized spacial score (nSPS) is 10.5. The molecule has 0 bridgehead atoms. The number of nitrogens with one attached hydrogen (secondary N) is 1. The molecule has 0 saturated carbocycles. The molecule has 0 aliphatic heterocycles. The minimum atomic E-state index is -0.363. The van der Waals surface area contributed by atoms with E-state index in [1.165, 1.54) is 11.1 Å². The van der Waals surface area contributed by atoms with Crippen molar-refractivity contribution in [1.29, 1.82) is 0 Å². The molecule has 0 heterocycles. The minimum absolute atomic E-state index is 0.263. The second-order valence-corrected chi connectivity index (χ2v) is 7.49. The molecule has 0 aliphatic carbocycles. The average Bonchev–Trinajstić information content (AvgIpc) is 2.59. The van der Waals surface area contributed by atoms with Crippen LogP contribution in [0.2, 0.25) is 0 Å². The van der Waals surface area contributed by atoms with E-state index in [1.807, 2.05) is 32.0 Å². The molecule has 2 rings (SSSR count). The Kier molecular flexibility index (Phi) is 7.27. The summed E-state index contributed by atoms with van der Waals surface area (Å²) in [5, 5.41) is 2.81. The topological polar surface area (TPSA) is 55.4 Å². The molecule has 1 N–H and O–H groups in total. The summed E-state index contributed by atoms with van der Waals surface area (Å²) in [5.41, 5.74) is 5.23. The molecule has 0 aliphatic rings. The number of carbonyl (C=O) groups is 2. The molecule has 2 aromatic carbocycles. The van der Waals surface area contributed by atoms with Gasteiger partial charge in [-0.2, -0.15) is 0 Å². The zero-order valence-corrected chi connectivity index (χ0v) is 16.5. The first-order chi connectivity index (χ1) is 12.4. The Morgan fingerprint density at radius 3 is 2.31 bits per heavy atom. The first kappa shape index (κ1) is 20.0. The third kappa shape index (κ3) is 5.92. The lowest BCUT2D eigenvalue weighted by Gasteiger charge is -2.11. The van der Waals surface area contributed by atoms with Crippen LogP contribution in [0.5, 0.6) is 0 Å². The van der Waals surface area contributed by atoms with Gasteiger partial charge in [0.2, 0.25) is 0 Å². The summed E-state index contributed by atoms with van der Waals surface area (Å²) in [6.45, 7) is 7.74. The predicted octanol–water partition coefficient (Wildman–Crippen LogP) is 4.58. The first-order valence-corrected chi connectivity index (χ1v) is 9.57. The Bertz CT molecular complexity index is 782. The zero-order valence-electron chi connectivity index (χ0n) is 15.7. The van der Waals surface area contributed by atoms with Crippen molar-refractivity contribution in [1.82, 2.24) is 0 Å². The summed E-state index contributed by atoms with van der Waals surface area (Å²) >= 11 is 1.61. The van der Waals surface area contributed by atoms with Crippen LogP contribution in [-0.2, 0) is 14.3 Å². The molecule has 2 aromatic rings. The van der Waals surface area contributed by atoms with Crippen molar-refractivity contribution >= 4 is 29.3 Å². The highest BCUT2D eigenvalue weighted by atomic mass is 32.2. The average molecular weight is 372 g/mol. The smallest absolute Gasteiger partial charge is 0.307 e. The molecule has 0 unspecified atom stereocenters. The first-order valence-electron chi connectivity index (χ1n) is 8.58. The lowest BCUT2D eigenvalue weighted by molar-refractivity contribution is -0.146. The van der Waals surface area contributed by atoms with E-state index in [2.05, 4.69) is 37.4 Å². The molecule has 4 nitrogen and oxygen atoms in total. The van der Waals surface area contributed by atoms with E-state index < -0.39 is 0 Å². The summed E-state index contributed by atoms with van der Waals surface area (Å²) < 4.78 is 5.07. The zero-order chi connectivity index (χ0) is 19.1. The van der Waals surface area contributed by atoms with Crippen molar-refractivity contribution < 1.29 is 14.3 Å². The van der Waals surface area contributed by atoms with Gasteiger partial charge >= 0.3 is 5.97 Å². The van der Waals surface area contributed by atoms with Crippen molar-refractivity contribution in [3.05, 3.63) is 58.7 Å². The van der Waals surface area contributed by atoms with E-state index in [1.54, 1.807) is 11.8 Å². The number of carbonyl (C=O) groups excluding carboxylic acids is 2. The summed E-state index contributed by atoms with van der Waals surface area (Å²) in [7, 11) is 0. The highest BCUT2D eigenvalue weighted by molar-refractivity contribution is 7.99. The van der Waals surface area contributed by atoms with Crippen molar-refractivity contribution in [3.8, 4) is 0 Å². The van der Waals surface area contributed by atoms with Gasteiger partial charge in [-0.1, -0.05) is 24.3 Å². The number of rotatable bonds is 7. The largest absolute Gasteiger partial charge is 0.456 e. The van der Waals surface area contributed by atoms with Gasteiger partial charge < -0.3 is 10.1 Å². The van der Waals surface area contributed by atoms with Crippen LogP contribution in [0.3, 0.4) is 0 Å². The summed E-state index contributed by atoms with van der Waals surface area (Å²) in [6, 6.07) is 12.0. The monoisotopic (exact) mass is 371 g/mol. The van der Waals surface area contributed by atoms with Gasteiger partial charge in [-0.15, -0.1) is 11.8 Å². The van der Waals surface area contributed by atoms with Gasteiger partial charge in [-0.3, -0.25) is 9.59 Å². The van der Waals surface area contributed by atoms with Gasteiger partial charge in [0.15, 0.2) is 6.61 Å². The third-order valence-electron chi connectivity index (χ3n) is 4.16. The van der Waals surface area contributed by atoms with Crippen LogP contribution in [-0.4, -0.2) is 24.2 Å². The van der Waals surface area contributed by atoms with E-state index in [4.69, 9.17) is 4.74 Å². The lowest BCUT2D eigenvalue weighted by Crippen LogP contribution is -2.22. The number of hydrogen-bond donors (Lipinski definition) is 1. The van der Waals surface area contributed by atoms with Crippen molar-refractivity contribution in [3.63, 3.8) is 0 Å². The third-order valence-corrected chi connectivity index (χ3v) is 5.16. The van der Waals surface area contributed by atoms with Gasteiger partial charge in [0, 0.05) is 16.3 Å². The van der Waals surface area contributed by atoms with Gasteiger partial charge in [0.1, 0.15) is 0 Å². The lowest BCUT2D eigenvalue weighted by atomic mass is 10.1. The Labute approximate surface area is 159 Å². The van der Waals surface area contributed by atoms with Crippen LogP contribution >= 0.6 is 11.8 Å². The van der Waals surface area contributed by atoms with Crippen LogP contribution in [0, 0.1) is 27.7 Å². The summed E-state index contributed by atoms with van der Waals surface area (Å²) in [4.78, 5) is 25.0. The molecule has 0 spiro atoms. The number of hydrogen-bond acceptors (Lipinski definition) is 4. The molecule has 26 heavy (non-hydrogen) atoms. The number of ether oxygens (including phenoxy) is 1. The number of benzene rings is 2. The highest BCUT2D eigenvalue weighted by Crippen LogP contribution is 2.22. The molecule has 0 radical (unpaired) electrons. The number of thioether (sulfide) groups is 1. The maximum atomic E-state index is 12.0. The van der Waals surface area contributed by atoms with E-state index in [9.17, 15) is 9.59 Å². The fourth-order valence-electron chi connectivity index (χ4n) is 2.46. The van der Waals surface area contributed by atoms with Gasteiger partial charge in [-0.25, -0.2) is 0 Å².